The fourth-order valence-electron chi connectivity index (χ4n) is 2.47. The molecule has 10 heteroatoms. The Morgan fingerprint density at radius 1 is 1.21 bits per heavy atom. The van der Waals surface area contributed by atoms with Crippen LogP contribution in [0.25, 0.3) is 0 Å². The molecule has 0 fully saturated rings. The average molecular weight is 438 g/mol. The summed E-state index contributed by atoms with van der Waals surface area (Å²) in [5, 5.41) is 6.31. The lowest BCUT2D eigenvalue weighted by molar-refractivity contribution is -0.116. The van der Waals surface area contributed by atoms with Crippen molar-refractivity contribution >= 4 is 33.0 Å². The molecule has 3 aromatic rings. The van der Waals surface area contributed by atoms with Gasteiger partial charge >= 0.3 is 0 Å². The van der Waals surface area contributed by atoms with E-state index in [4.69, 9.17) is 16.1 Å². The van der Waals surface area contributed by atoms with Crippen molar-refractivity contribution in [1.29, 1.82) is 0 Å². The smallest absolute Gasteiger partial charge is 0.227 e. The maximum atomic E-state index is 13.0. The molecule has 2 aromatic carbocycles. The van der Waals surface area contributed by atoms with Gasteiger partial charge in [-0.3, -0.25) is 4.79 Å². The van der Waals surface area contributed by atoms with Gasteiger partial charge in [0.1, 0.15) is 11.6 Å². The van der Waals surface area contributed by atoms with Crippen LogP contribution in [-0.2, 0) is 26.8 Å². The summed E-state index contributed by atoms with van der Waals surface area (Å²) in [6, 6.07) is 10.1. The zero-order chi connectivity index (χ0) is 21.0. The minimum atomic E-state index is -3.61. The predicted molar refractivity (Wildman–Crippen MR) is 105 cm³/mol. The lowest BCUT2D eigenvalue weighted by Crippen LogP contribution is -2.13. The van der Waals surface area contributed by atoms with Crippen LogP contribution in [0, 0.1) is 12.7 Å². The van der Waals surface area contributed by atoms with E-state index < -0.39 is 21.4 Å². The number of hydrogen-bond acceptors (Lipinski definition) is 6. The van der Waals surface area contributed by atoms with Gasteiger partial charge in [0.05, 0.1) is 15.6 Å². The number of carbonyl (C=O) groups is 1. The third-order valence-electron chi connectivity index (χ3n) is 3.98. The fraction of sp³-hybridized carbons (Fsp3) is 0.211. The molecule has 0 bridgehead atoms. The van der Waals surface area contributed by atoms with Crippen LogP contribution in [0.3, 0.4) is 0 Å². The number of anilines is 1. The van der Waals surface area contributed by atoms with Crippen molar-refractivity contribution < 1.29 is 22.1 Å². The Bertz CT molecular complexity index is 1130. The summed E-state index contributed by atoms with van der Waals surface area (Å²) in [7, 11) is -3.61. The van der Waals surface area contributed by atoms with E-state index >= 15 is 0 Å². The van der Waals surface area contributed by atoms with Crippen molar-refractivity contribution in [3.05, 3.63) is 70.6 Å². The fourth-order valence-corrected chi connectivity index (χ4v) is 3.86. The molecule has 0 unspecified atom stereocenters. The van der Waals surface area contributed by atoms with Crippen molar-refractivity contribution in [1.82, 2.24) is 10.1 Å². The number of hydrogen-bond donors (Lipinski definition) is 1. The van der Waals surface area contributed by atoms with E-state index in [1.807, 2.05) is 6.92 Å². The van der Waals surface area contributed by atoms with Crippen LogP contribution >= 0.6 is 11.6 Å². The van der Waals surface area contributed by atoms with Gasteiger partial charge in [-0.15, -0.1) is 0 Å². The first-order valence-electron chi connectivity index (χ1n) is 8.59. The monoisotopic (exact) mass is 437 g/mol. The van der Waals surface area contributed by atoms with Gasteiger partial charge in [-0.25, -0.2) is 12.8 Å². The van der Waals surface area contributed by atoms with Crippen LogP contribution in [0.5, 0.6) is 0 Å². The van der Waals surface area contributed by atoms with E-state index in [0.717, 1.165) is 11.6 Å². The van der Waals surface area contributed by atoms with Gasteiger partial charge in [0.25, 0.3) is 0 Å². The van der Waals surface area contributed by atoms with Crippen LogP contribution in [0.1, 0.15) is 23.7 Å². The quantitative estimate of drug-likeness (QED) is 0.604. The number of benzene rings is 2. The lowest BCUT2D eigenvalue weighted by Gasteiger charge is -2.06. The summed E-state index contributed by atoms with van der Waals surface area (Å²) in [6.45, 7) is 1.86. The van der Waals surface area contributed by atoms with Gasteiger partial charge < -0.3 is 9.84 Å². The third-order valence-corrected chi connectivity index (χ3v) is 5.92. The zero-order valence-corrected chi connectivity index (χ0v) is 16.9. The van der Waals surface area contributed by atoms with Crippen molar-refractivity contribution in [2.75, 3.05) is 5.32 Å². The average Bonchev–Trinajstić information content (AvgIpc) is 3.09. The Balaban J connectivity index is 1.57. The standard InChI is InChI=1S/C19H17ClFN3O4S/c1-12-2-5-14(6-3-12)29(26,27)11-17-23-19(28-24-17)9-8-18(25)22-16-7-4-13(21)10-15(16)20/h2-7,10H,8-9,11H2,1H3,(H,22,25). The van der Waals surface area contributed by atoms with E-state index in [-0.39, 0.29) is 46.1 Å². The SMILES string of the molecule is Cc1ccc(S(=O)(=O)Cc2noc(CCC(=O)Nc3ccc(F)cc3Cl)n2)cc1. The van der Waals surface area contributed by atoms with E-state index in [2.05, 4.69) is 15.5 Å². The molecule has 0 atom stereocenters. The van der Waals surface area contributed by atoms with Crippen LogP contribution in [0.15, 0.2) is 51.9 Å². The van der Waals surface area contributed by atoms with Gasteiger partial charge in [-0.2, -0.15) is 4.98 Å². The number of carbonyl (C=O) groups excluding carboxylic acids is 1. The van der Waals surface area contributed by atoms with Crippen molar-refractivity contribution in [3.8, 4) is 0 Å². The second-order valence-electron chi connectivity index (χ2n) is 6.35. The molecular formula is C19H17ClFN3O4S. The Kier molecular flexibility index (Phi) is 6.29. The molecular weight excluding hydrogens is 421 g/mol. The van der Waals surface area contributed by atoms with E-state index in [9.17, 15) is 17.6 Å². The van der Waals surface area contributed by atoms with Crippen molar-refractivity contribution in [3.63, 3.8) is 0 Å². The molecule has 1 aromatic heterocycles. The highest BCUT2D eigenvalue weighted by Crippen LogP contribution is 2.22. The van der Waals surface area contributed by atoms with Crippen LogP contribution in [-0.4, -0.2) is 24.5 Å². The first-order valence-corrected chi connectivity index (χ1v) is 10.6. The third kappa shape index (κ3) is 5.61. The number of nitrogens with one attached hydrogen (secondary N) is 1. The number of halogens is 2. The molecule has 152 valence electrons. The van der Waals surface area contributed by atoms with Gasteiger partial charge in [0, 0.05) is 12.8 Å². The maximum Gasteiger partial charge on any atom is 0.227 e. The molecule has 1 heterocycles. The second kappa shape index (κ2) is 8.71. The Morgan fingerprint density at radius 3 is 2.62 bits per heavy atom. The number of sulfone groups is 1. The second-order valence-corrected chi connectivity index (χ2v) is 8.75. The topological polar surface area (TPSA) is 102 Å². The molecule has 0 spiro atoms. The summed E-state index contributed by atoms with van der Waals surface area (Å²) in [6.07, 6.45) is 0.113. The molecule has 0 saturated carbocycles. The minimum Gasteiger partial charge on any atom is -0.339 e. The number of amides is 1. The van der Waals surface area contributed by atoms with Crippen molar-refractivity contribution in [2.24, 2.45) is 0 Å². The van der Waals surface area contributed by atoms with Crippen LogP contribution in [0.4, 0.5) is 10.1 Å². The van der Waals surface area contributed by atoms with Gasteiger partial charge in [-0.1, -0.05) is 34.5 Å². The van der Waals surface area contributed by atoms with E-state index in [1.165, 1.54) is 24.3 Å². The summed E-state index contributed by atoms with van der Waals surface area (Å²) >= 11 is 5.86. The van der Waals surface area contributed by atoms with Gasteiger partial charge in [0.2, 0.25) is 11.8 Å². The molecule has 0 radical (unpaired) electrons. The first kappa shape index (κ1) is 20.9. The van der Waals surface area contributed by atoms with Crippen molar-refractivity contribution in [2.45, 2.75) is 30.4 Å². The summed E-state index contributed by atoms with van der Waals surface area (Å²) in [4.78, 5) is 16.2. The first-order chi connectivity index (χ1) is 13.7. The molecule has 0 saturated heterocycles. The Labute approximate surface area is 171 Å². The number of nitrogens with zero attached hydrogens (tertiary/aromatic N) is 2. The largest absolute Gasteiger partial charge is 0.339 e. The minimum absolute atomic E-state index is 0.0000504. The Morgan fingerprint density at radius 2 is 1.93 bits per heavy atom. The summed E-state index contributed by atoms with van der Waals surface area (Å²) in [5.74, 6) is -1.14. The molecule has 3 rings (SSSR count). The molecule has 1 amide bonds. The predicted octanol–water partition coefficient (Wildman–Crippen LogP) is 3.72. The molecule has 1 N–H and O–H groups in total. The number of rotatable bonds is 7. The lowest BCUT2D eigenvalue weighted by atomic mass is 10.2. The van der Waals surface area contributed by atoms with E-state index in [0.29, 0.717) is 0 Å². The molecule has 0 aliphatic heterocycles. The molecule has 29 heavy (non-hydrogen) atoms. The summed E-state index contributed by atoms with van der Waals surface area (Å²) < 4.78 is 42.9. The highest BCUT2D eigenvalue weighted by atomic mass is 35.5. The van der Waals surface area contributed by atoms with Crippen LogP contribution < -0.4 is 5.32 Å². The van der Waals surface area contributed by atoms with Crippen LogP contribution in [0.2, 0.25) is 5.02 Å². The van der Waals surface area contributed by atoms with E-state index in [1.54, 1.807) is 12.1 Å². The number of aryl methyl sites for hydroxylation is 2. The molecule has 0 aliphatic rings. The van der Waals surface area contributed by atoms with Gasteiger partial charge in [-0.05, 0) is 37.3 Å². The summed E-state index contributed by atoms with van der Waals surface area (Å²) in [5.41, 5.74) is 1.24. The highest BCUT2D eigenvalue weighted by Gasteiger charge is 2.19. The Hall–Kier alpha value is -2.78. The molecule has 0 aliphatic carbocycles. The molecule has 7 nitrogen and oxygen atoms in total. The normalized spacial score (nSPS) is 11.4. The number of aromatic nitrogens is 2. The zero-order valence-electron chi connectivity index (χ0n) is 15.4. The highest BCUT2D eigenvalue weighted by molar-refractivity contribution is 7.90. The van der Waals surface area contributed by atoms with Gasteiger partial charge in [0.15, 0.2) is 15.7 Å². The maximum absolute atomic E-state index is 13.0.